The largest absolute Gasteiger partial charge is 0.477 e. The van der Waals surface area contributed by atoms with Crippen molar-refractivity contribution in [2.24, 2.45) is 0 Å². The number of carboxylic acid groups (broad SMARTS) is 1. The highest BCUT2D eigenvalue weighted by molar-refractivity contribution is 5.93. The molecular weight excluding hydrogens is 399 g/mol. The first-order chi connectivity index (χ1) is 14.3. The second-order valence-electron chi connectivity index (χ2n) is 6.23. The smallest absolute Gasteiger partial charge is 0.356 e. The molecule has 0 aliphatic carbocycles. The summed E-state index contributed by atoms with van der Waals surface area (Å²) in [6, 6.07) is 5.60. The molecule has 0 saturated heterocycles. The summed E-state index contributed by atoms with van der Waals surface area (Å²) < 4.78 is 24.0. The van der Waals surface area contributed by atoms with Crippen LogP contribution in [0.15, 0.2) is 30.5 Å². The third-order valence-corrected chi connectivity index (χ3v) is 4.10. The Hall–Kier alpha value is -3.86. The first-order valence-electron chi connectivity index (χ1n) is 8.67. The Bertz CT molecular complexity index is 1140. The second-order valence-corrected chi connectivity index (χ2v) is 6.23. The second kappa shape index (κ2) is 8.66. The molecule has 0 amide bonds. The Labute approximate surface area is 169 Å². The van der Waals surface area contributed by atoms with Crippen LogP contribution in [0.3, 0.4) is 0 Å². The molecule has 2 aromatic heterocycles. The number of halogens is 1. The topological polar surface area (TPSA) is 132 Å². The van der Waals surface area contributed by atoms with Crippen LogP contribution in [0, 0.1) is 12.7 Å². The van der Waals surface area contributed by atoms with E-state index in [0.29, 0.717) is 12.1 Å². The summed E-state index contributed by atoms with van der Waals surface area (Å²) in [5, 5.41) is 16.0. The van der Waals surface area contributed by atoms with Gasteiger partial charge in [-0.2, -0.15) is 5.10 Å². The number of aromatic nitrogens is 3. The summed E-state index contributed by atoms with van der Waals surface area (Å²) in [4.78, 5) is 39.3. The van der Waals surface area contributed by atoms with Gasteiger partial charge in [-0.1, -0.05) is 12.1 Å². The van der Waals surface area contributed by atoms with Crippen LogP contribution in [-0.2, 0) is 16.1 Å². The van der Waals surface area contributed by atoms with Gasteiger partial charge >= 0.3 is 17.9 Å². The van der Waals surface area contributed by atoms with Gasteiger partial charge in [0.2, 0.25) is 0 Å². The van der Waals surface area contributed by atoms with Crippen LogP contribution in [0.4, 0.5) is 4.39 Å². The highest BCUT2D eigenvalue weighted by Gasteiger charge is 2.21. The third-order valence-electron chi connectivity index (χ3n) is 4.10. The molecule has 0 saturated carbocycles. The molecule has 0 radical (unpaired) electrons. The molecule has 3 aromatic rings. The summed E-state index contributed by atoms with van der Waals surface area (Å²) in [6.07, 6.45) is 1.12. The Balaban J connectivity index is 1.73. The minimum absolute atomic E-state index is 0.118. The Morgan fingerprint density at radius 3 is 2.70 bits per heavy atom. The maximum Gasteiger partial charge on any atom is 0.356 e. The van der Waals surface area contributed by atoms with Crippen molar-refractivity contribution in [1.82, 2.24) is 19.9 Å². The number of fused-ring (bicyclic) bond motifs is 1. The van der Waals surface area contributed by atoms with E-state index in [4.69, 9.17) is 4.74 Å². The van der Waals surface area contributed by atoms with Gasteiger partial charge in [-0.3, -0.25) is 4.79 Å². The molecule has 0 unspecified atom stereocenters. The standard InChI is InChI=1S/C19H17FN4O6/c1-10-5-11(3-4-12(10)20)7-21-9-16(25)30-15-8-22-24-14(18(26)27)6-13(19(28)29-2)23-17(15)24/h3-6,8,21H,7,9H2,1-2H3,(H,26,27). The summed E-state index contributed by atoms with van der Waals surface area (Å²) >= 11 is 0. The summed E-state index contributed by atoms with van der Waals surface area (Å²) in [5.74, 6) is -3.33. The fourth-order valence-electron chi connectivity index (χ4n) is 2.66. The molecule has 1 aromatic carbocycles. The molecule has 3 rings (SSSR count). The summed E-state index contributed by atoms with van der Waals surface area (Å²) in [5.41, 5.74) is 0.522. The van der Waals surface area contributed by atoms with Crippen molar-refractivity contribution >= 4 is 23.6 Å². The van der Waals surface area contributed by atoms with E-state index < -0.39 is 17.9 Å². The lowest BCUT2D eigenvalue weighted by Crippen LogP contribution is -2.26. The van der Waals surface area contributed by atoms with Crippen LogP contribution in [0.1, 0.15) is 32.1 Å². The van der Waals surface area contributed by atoms with E-state index in [2.05, 4.69) is 20.1 Å². The zero-order chi connectivity index (χ0) is 21.8. The van der Waals surface area contributed by atoms with Crippen molar-refractivity contribution in [1.29, 1.82) is 0 Å². The van der Waals surface area contributed by atoms with E-state index in [1.54, 1.807) is 19.1 Å². The third kappa shape index (κ3) is 4.41. The molecule has 156 valence electrons. The molecular formula is C19H17FN4O6. The van der Waals surface area contributed by atoms with Crippen molar-refractivity contribution in [3.63, 3.8) is 0 Å². The number of hydrogen-bond donors (Lipinski definition) is 2. The number of carboxylic acids is 1. The maximum atomic E-state index is 13.3. The van der Waals surface area contributed by atoms with E-state index in [9.17, 15) is 23.9 Å². The van der Waals surface area contributed by atoms with Crippen LogP contribution in [0.5, 0.6) is 5.75 Å². The Morgan fingerprint density at radius 2 is 2.03 bits per heavy atom. The van der Waals surface area contributed by atoms with E-state index in [1.165, 1.54) is 6.07 Å². The van der Waals surface area contributed by atoms with Crippen LogP contribution in [0.2, 0.25) is 0 Å². The van der Waals surface area contributed by atoms with Gasteiger partial charge in [0.1, 0.15) is 5.82 Å². The quantitative estimate of drug-likeness (QED) is 0.548. The highest BCUT2D eigenvalue weighted by Crippen LogP contribution is 2.20. The molecule has 2 heterocycles. The zero-order valence-corrected chi connectivity index (χ0v) is 16.0. The normalized spacial score (nSPS) is 10.8. The van der Waals surface area contributed by atoms with Crippen LogP contribution in [0.25, 0.3) is 5.65 Å². The monoisotopic (exact) mass is 416 g/mol. The van der Waals surface area contributed by atoms with Crippen molar-refractivity contribution in [2.45, 2.75) is 13.5 Å². The summed E-state index contributed by atoms with van der Waals surface area (Å²) in [6.45, 7) is 1.76. The van der Waals surface area contributed by atoms with Gasteiger partial charge in [0.05, 0.1) is 19.9 Å². The lowest BCUT2D eigenvalue weighted by atomic mass is 10.1. The average molecular weight is 416 g/mol. The number of benzene rings is 1. The van der Waals surface area contributed by atoms with Crippen molar-refractivity contribution in [3.8, 4) is 5.75 Å². The molecule has 10 nitrogen and oxygen atoms in total. The summed E-state index contributed by atoms with van der Waals surface area (Å²) in [7, 11) is 1.13. The number of carbonyl (C=O) groups excluding carboxylic acids is 2. The molecule has 0 aliphatic heterocycles. The lowest BCUT2D eigenvalue weighted by molar-refractivity contribution is -0.133. The van der Waals surface area contributed by atoms with E-state index in [0.717, 1.165) is 29.5 Å². The zero-order valence-electron chi connectivity index (χ0n) is 16.0. The maximum absolute atomic E-state index is 13.3. The molecule has 0 atom stereocenters. The Morgan fingerprint density at radius 1 is 1.27 bits per heavy atom. The van der Waals surface area contributed by atoms with Crippen LogP contribution < -0.4 is 10.1 Å². The number of aromatic carboxylic acids is 1. The predicted molar refractivity (Wildman–Crippen MR) is 99.8 cm³/mol. The molecule has 0 aliphatic rings. The molecule has 0 bridgehead atoms. The minimum Gasteiger partial charge on any atom is -0.477 e. The molecule has 30 heavy (non-hydrogen) atoms. The molecule has 2 N–H and O–H groups in total. The van der Waals surface area contributed by atoms with Crippen molar-refractivity contribution in [2.75, 3.05) is 13.7 Å². The number of rotatable bonds is 7. The number of nitrogens with one attached hydrogen (secondary N) is 1. The van der Waals surface area contributed by atoms with E-state index in [-0.39, 0.29) is 35.1 Å². The molecule has 0 fully saturated rings. The van der Waals surface area contributed by atoms with Gasteiger partial charge in [0.15, 0.2) is 22.8 Å². The van der Waals surface area contributed by atoms with Gasteiger partial charge < -0.3 is 19.9 Å². The number of nitrogens with zero attached hydrogens (tertiary/aromatic N) is 3. The minimum atomic E-state index is -1.36. The SMILES string of the molecule is COC(=O)c1cc(C(=O)O)n2ncc(OC(=O)CNCc3ccc(F)c(C)c3)c2n1. The fraction of sp³-hybridized carbons (Fsp3) is 0.211. The highest BCUT2D eigenvalue weighted by atomic mass is 19.1. The number of carbonyl (C=O) groups is 3. The first-order valence-corrected chi connectivity index (χ1v) is 8.67. The van der Waals surface area contributed by atoms with Gasteiger partial charge in [0, 0.05) is 12.6 Å². The molecule has 11 heteroatoms. The van der Waals surface area contributed by atoms with Gasteiger partial charge in [0.25, 0.3) is 0 Å². The molecule has 0 spiro atoms. The van der Waals surface area contributed by atoms with Crippen molar-refractivity contribution < 1.29 is 33.4 Å². The van der Waals surface area contributed by atoms with E-state index in [1.807, 2.05) is 0 Å². The number of hydrogen-bond acceptors (Lipinski definition) is 8. The fourth-order valence-corrected chi connectivity index (χ4v) is 2.66. The van der Waals surface area contributed by atoms with Gasteiger partial charge in [-0.05, 0) is 24.1 Å². The lowest BCUT2D eigenvalue weighted by Gasteiger charge is -2.07. The number of ether oxygens (including phenoxy) is 2. The predicted octanol–water partition coefficient (Wildman–Crippen LogP) is 1.36. The Kier molecular flexibility index (Phi) is 6.02. The van der Waals surface area contributed by atoms with E-state index >= 15 is 0 Å². The van der Waals surface area contributed by atoms with Crippen LogP contribution >= 0.6 is 0 Å². The van der Waals surface area contributed by atoms with Crippen LogP contribution in [-0.4, -0.2) is 51.3 Å². The number of esters is 2. The number of methoxy groups -OCH3 is 1. The average Bonchev–Trinajstić information content (AvgIpc) is 3.11. The van der Waals surface area contributed by atoms with Gasteiger partial charge in [-0.25, -0.2) is 23.5 Å². The van der Waals surface area contributed by atoms with Crippen molar-refractivity contribution in [3.05, 3.63) is 58.8 Å². The number of aryl methyl sites for hydroxylation is 1. The van der Waals surface area contributed by atoms with Gasteiger partial charge in [-0.15, -0.1) is 0 Å². The first kappa shape index (κ1) is 20.9.